The standard InChI is InChI=1S/C13H18O3/c1-4-5-16-12-7-9(2)11(6-10(12)3)8-13(14)15/h6-7H,4-5,8H2,1-3H3,(H,14,15). The Bertz CT molecular complexity index is 383. The van der Waals surface area contributed by atoms with E-state index in [0.29, 0.717) is 6.61 Å². The third-order valence-electron chi connectivity index (χ3n) is 2.44. The maximum atomic E-state index is 10.7. The lowest BCUT2D eigenvalue weighted by atomic mass is 10.0. The largest absolute Gasteiger partial charge is 0.493 e. The van der Waals surface area contributed by atoms with Crippen LogP contribution in [-0.2, 0) is 11.2 Å². The normalized spacial score (nSPS) is 10.2. The van der Waals surface area contributed by atoms with Crippen LogP contribution in [0.4, 0.5) is 0 Å². The summed E-state index contributed by atoms with van der Waals surface area (Å²) >= 11 is 0. The quantitative estimate of drug-likeness (QED) is 0.833. The molecule has 0 aliphatic carbocycles. The van der Waals surface area contributed by atoms with E-state index < -0.39 is 5.97 Å². The maximum absolute atomic E-state index is 10.7. The molecule has 0 amide bonds. The Labute approximate surface area is 96.1 Å². The fourth-order valence-electron chi connectivity index (χ4n) is 1.57. The second-order valence-electron chi connectivity index (χ2n) is 3.96. The van der Waals surface area contributed by atoms with E-state index >= 15 is 0 Å². The van der Waals surface area contributed by atoms with Crippen LogP contribution in [0, 0.1) is 13.8 Å². The molecule has 1 N–H and O–H groups in total. The van der Waals surface area contributed by atoms with Crippen LogP contribution in [0.15, 0.2) is 12.1 Å². The van der Waals surface area contributed by atoms with Gasteiger partial charge in [-0.3, -0.25) is 4.79 Å². The van der Waals surface area contributed by atoms with Crippen LogP contribution in [0.3, 0.4) is 0 Å². The van der Waals surface area contributed by atoms with E-state index in [1.807, 2.05) is 26.0 Å². The minimum absolute atomic E-state index is 0.0702. The van der Waals surface area contributed by atoms with E-state index in [1.165, 1.54) is 0 Å². The summed E-state index contributed by atoms with van der Waals surface area (Å²) in [7, 11) is 0. The Hall–Kier alpha value is -1.51. The van der Waals surface area contributed by atoms with Gasteiger partial charge in [0.15, 0.2) is 0 Å². The van der Waals surface area contributed by atoms with Gasteiger partial charge in [0.25, 0.3) is 0 Å². The van der Waals surface area contributed by atoms with Gasteiger partial charge in [-0.15, -0.1) is 0 Å². The molecular weight excluding hydrogens is 204 g/mol. The predicted molar refractivity (Wildman–Crippen MR) is 63.0 cm³/mol. The van der Waals surface area contributed by atoms with Gasteiger partial charge >= 0.3 is 5.97 Å². The van der Waals surface area contributed by atoms with Crippen LogP contribution in [0.1, 0.15) is 30.0 Å². The van der Waals surface area contributed by atoms with Crippen LogP contribution in [0.2, 0.25) is 0 Å². The molecule has 0 saturated heterocycles. The van der Waals surface area contributed by atoms with Gasteiger partial charge < -0.3 is 9.84 Å². The number of ether oxygens (including phenoxy) is 1. The summed E-state index contributed by atoms with van der Waals surface area (Å²) in [6, 6.07) is 3.82. The molecule has 16 heavy (non-hydrogen) atoms. The summed E-state index contributed by atoms with van der Waals surface area (Å²) in [5, 5.41) is 8.76. The average Bonchev–Trinajstić information content (AvgIpc) is 2.20. The number of aryl methyl sites for hydroxylation is 2. The summed E-state index contributed by atoms with van der Waals surface area (Å²) in [5.74, 6) is 0.0539. The molecule has 0 fully saturated rings. The third-order valence-corrected chi connectivity index (χ3v) is 2.44. The molecule has 1 aromatic rings. The van der Waals surface area contributed by atoms with E-state index in [1.54, 1.807) is 0 Å². The van der Waals surface area contributed by atoms with E-state index in [2.05, 4.69) is 6.92 Å². The van der Waals surface area contributed by atoms with Crippen molar-refractivity contribution in [2.24, 2.45) is 0 Å². The predicted octanol–water partition coefficient (Wildman–Crippen LogP) is 2.72. The van der Waals surface area contributed by atoms with Gasteiger partial charge in [-0.25, -0.2) is 0 Å². The van der Waals surface area contributed by atoms with Crippen LogP contribution < -0.4 is 4.74 Å². The summed E-state index contributed by atoms with van der Waals surface area (Å²) in [6.07, 6.45) is 1.04. The number of benzene rings is 1. The smallest absolute Gasteiger partial charge is 0.307 e. The molecule has 0 unspecified atom stereocenters. The SMILES string of the molecule is CCCOc1cc(C)c(CC(=O)O)cc1C. The zero-order chi connectivity index (χ0) is 12.1. The molecule has 0 heterocycles. The number of rotatable bonds is 5. The first-order valence-electron chi connectivity index (χ1n) is 5.49. The Kier molecular flexibility index (Phi) is 4.35. The molecular formula is C13H18O3. The number of carboxylic acids is 1. The molecule has 0 aromatic heterocycles. The van der Waals surface area contributed by atoms with Crippen molar-refractivity contribution in [1.29, 1.82) is 0 Å². The number of aliphatic carboxylic acids is 1. The monoisotopic (exact) mass is 222 g/mol. The first-order chi connectivity index (χ1) is 7.54. The number of carbonyl (C=O) groups is 1. The van der Waals surface area contributed by atoms with Crippen LogP contribution in [0.5, 0.6) is 5.75 Å². The van der Waals surface area contributed by atoms with Gasteiger partial charge in [0.05, 0.1) is 13.0 Å². The molecule has 0 bridgehead atoms. The van der Waals surface area contributed by atoms with Gasteiger partial charge in [-0.1, -0.05) is 13.0 Å². The van der Waals surface area contributed by atoms with Gasteiger partial charge in [0.2, 0.25) is 0 Å². The van der Waals surface area contributed by atoms with Gasteiger partial charge in [0, 0.05) is 0 Å². The van der Waals surface area contributed by atoms with Crippen molar-refractivity contribution in [3.8, 4) is 5.75 Å². The number of carboxylic acid groups (broad SMARTS) is 1. The molecule has 0 spiro atoms. The molecule has 0 saturated carbocycles. The van der Waals surface area contributed by atoms with Crippen molar-refractivity contribution in [2.75, 3.05) is 6.61 Å². The van der Waals surface area contributed by atoms with E-state index in [-0.39, 0.29) is 6.42 Å². The van der Waals surface area contributed by atoms with Gasteiger partial charge in [-0.05, 0) is 43.0 Å². The summed E-state index contributed by atoms with van der Waals surface area (Å²) in [4.78, 5) is 10.7. The van der Waals surface area contributed by atoms with Crippen molar-refractivity contribution in [2.45, 2.75) is 33.6 Å². The molecule has 0 radical (unpaired) electrons. The first kappa shape index (κ1) is 12.6. The van der Waals surface area contributed by atoms with E-state index in [9.17, 15) is 4.79 Å². The maximum Gasteiger partial charge on any atom is 0.307 e. The summed E-state index contributed by atoms with van der Waals surface area (Å²) < 4.78 is 5.58. The number of hydrogen-bond acceptors (Lipinski definition) is 2. The second-order valence-corrected chi connectivity index (χ2v) is 3.96. The third kappa shape index (κ3) is 3.26. The highest BCUT2D eigenvalue weighted by Gasteiger charge is 2.08. The summed E-state index contributed by atoms with van der Waals surface area (Å²) in [6.45, 7) is 6.60. The minimum Gasteiger partial charge on any atom is -0.493 e. The van der Waals surface area contributed by atoms with Crippen molar-refractivity contribution in [3.05, 3.63) is 28.8 Å². The van der Waals surface area contributed by atoms with Crippen molar-refractivity contribution in [1.82, 2.24) is 0 Å². The molecule has 1 aromatic carbocycles. The summed E-state index contributed by atoms with van der Waals surface area (Å²) in [5.41, 5.74) is 2.82. The first-order valence-corrected chi connectivity index (χ1v) is 5.49. The van der Waals surface area contributed by atoms with E-state index in [4.69, 9.17) is 9.84 Å². The molecule has 3 nitrogen and oxygen atoms in total. The molecule has 3 heteroatoms. The van der Waals surface area contributed by atoms with Crippen molar-refractivity contribution >= 4 is 5.97 Å². The Balaban J connectivity index is 2.92. The van der Waals surface area contributed by atoms with Gasteiger partial charge in [-0.2, -0.15) is 0 Å². The van der Waals surface area contributed by atoms with Crippen LogP contribution in [-0.4, -0.2) is 17.7 Å². The average molecular weight is 222 g/mol. The minimum atomic E-state index is -0.801. The Morgan fingerprint density at radius 3 is 2.56 bits per heavy atom. The van der Waals surface area contributed by atoms with Gasteiger partial charge in [0.1, 0.15) is 5.75 Å². The lowest BCUT2D eigenvalue weighted by Crippen LogP contribution is -2.04. The topological polar surface area (TPSA) is 46.5 Å². The fraction of sp³-hybridized carbons (Fsp3) is 0.462. The van der Waals surface area contributed by atoms with E-state index in [0.717, 1.165) is 28.9 Å². The lowest BCUT2D eigenvalue weighted by molar-refractivity contribution is -0.136. The zero-order valence-electron chi connectivity index (χ0n) is 10.0. The molecule has 0 aliphatic rings. The Morgan fingerprint density at radius 2 is 2.00 bits per heavy atom. The highest BCUT2D eigenvalue weighted by molar-refractivity contribution is 5.71. The fourth-order valence-corrected chi connectivity index (χ4v) is 1.57. The highest BCUT2D eigenvalue weighted by Crippen LogP contribution is 2.23. The highest BCUT2D eigenvalue weighted by atomic mass is 16.5. The second kappa shape index (κ2) is 5.54. The van der Waals surface area contributed by atoms with Crippen molar-refractivity contribution < 1.29 is 14.6 Å². The Morgan fingerprint density at radius 1 is 1.31 bits per heavy atom. The molecule has 0 atom stereocenters. The van der Waals surface area contributed by atoms with Crippen LogP contribution in [0.25, 0.3) is 0 Å². The zero-order valence-corrected chi connectivity index (χ0v) is 10.0. The molecule has 0 aliphatic heterocycles. The molecule has 88 valence electrons. The molecule has 1 rings (SSSR count). The van der Waals surface area contributed by atoms with Crippen molar-refractivity contribution in [3.63, 3.8) is 0 Å². The van der Waals surface area contributed by atoms with Crippen LogP contribution >= 0.6 is 0 Å². The lowest BCUT2D eigenvalue weighted by Gasteiger charge is -2.12. The number of hydrogen-bond donors (Lipinski definition) is 1.